The lowest BCUT2D eigenvalue weighted by atomic mass is 10.1. The van der Waals surface area contributed by atoms with E-state index in [-0.39, 0.29) is 34.4 Å². The monoisotopic (exact) mass is 540 g/mol. The molecule has 0 bridgehead atoms. The van der Waals surface area contributed by atoms with E-state index in [9.17, 15) is 9.59 Å². The predicted molar refractivity (Wildman–Crippen MR) is 147 cm³/mol. The number of anilines is 1. The lowest BCUT2D eigenvalue weighted by Gasteiger charge is -2.09. The molecule has 6 rings (SSSR count). The van der Waals surface area contributed by atoms with Gasteiger partial charge in [0.25, 0.3) is 0 Å². The van der Waals surface area contributed by atoms with Gasteiger partial charge in [-0.15, -0.1) is 11.3 Å². The van der Waals surface area contributed by atoms with E-state index in [0.717, 1.165) is 4.88 Å². The van der Waals surface area contributed by atoms with Crippen molar-refractivity contribution in [1.29, 1.82) is 0 Å². The fourth-order valence-electron chi connectivity index (χ4n) is 4.15. The molecule has 0 aliphatic carbocycles. The van der Waals surface area contributed by atoms with Gasteiger partial charge in [0, 0.05) is 23.9 Å². The molecule has 0 fully saturated rings. The molecule has 0 saturated carbocycles. The second-order valence-corrected chi connectivity index (χ2v) is 10.3. The van der Waals surface area contributed by atoms with E-state index < -0.39 is 5.82 Å². The largest absolute Gasteiger partial charge is 0.336 e. The number of amides is 1. The number of halogens is 1. The van der Waals surface area contributed by atoms with Crippen molar-refractivity contribution in [3.8, 4) is 33.3 Å². The Balaban J connectivity index is 1.44. The number of carbonyl (C=O) groups excluding carboxylic acids is 2. The number of aromatic amines is 2. The summed E-state index contributed by atoms with van der Waals surface area (Å²) in [7, 11) is 0. The molecule has 10 nitrogen and oxygen atoms in total. The number of ketones is 1. The van der Waals surface area contributed by atoms with Crippen LogP contribution in [0.15, 0.2) is 49.1 Å². The zero-order chi connectivity index (χ0) is 27.3. The Morgan fingerprint density at radius 3 is 2.64 bits per heavy atom. The molecule has 0 radical (unpaired) electrons. The predicted octanol–water partition coefficient (Wildman–Crippen LogP) is 5.62. The van der Waals surface area contributed by atoms with E-state index in [1.807, 2.05) is 6.07 Å². The van der Waals surface area contributed by atoms with E-state index in [1.165, 1.54) is 36.9 Å². The molecule has 1 amide bonds. The van der Waals surface area contributed by atoms with Crippen LogP contribution >= 0.6 is 11.3 Å². The van der Waals surface area contributed by atoms with Gasteiger partial charge in [0.05, 0.1) is 44.3 Å². The van der Waals surface area contributed by atoms with E-state index in [4.69, 9.17) is 4.98 Å². The lowest BCUT2D eigenvalue weighted by molar-refractivity contribution is -0.118. The van der Waals surface area contributed by atoms with Gasteiger partial charge in [-0.25, -0.2) is 9.37 Å². The van der Waals surface area contributed by atoms with Crippen LogP contribution in [0.25, 0.3) is 55.3 Å². The third-order valence-corrected chi connectivity index (χ3v) is 7.35. The van der Waals surface area contributed by atoms with Crippen LogP contribution in [0.5, 0.6) is 0 Å². The number of fused-ring (bicyclic) bond motifs is 2. The van der Waals surface area contributed by atoms with Crippen LogP contribution in [-0.2, 0) is 4.79 Å². The van der Waals surface area contributed by atoms with Crippen LogP contribution in [0.4, 0.5) is 10.1 Å². The first-order valence-electron chi connectivity index (χ1n) is 12.0. The van der Waals surface area contributed by atoms with Crippen LogP contribution in [-0.4, -0.2) is 46.8 Å². The van der Waals surface area contributed by atoms with Crippen LogP contribution in [0, 0.1) is 11.7 Å². The van der Waals surface area contributed by atoms with Crippen LogP contribution in [0.1, 0.15) is 30.4 Å². The summed E-state index contributed by atoms with van der Waals surface area (Å²) in [5.74, 6) is -0.667. The first-order valence-corrected chi connectivity index (χ1v) is 12.9. The van der Waals surface area contributed by atoms with Crippen molar-refractivity contribution in [2.45, 2.75) is 20.8 Å². The quantitative estimate of drug-likeness (QED) is 0.233. The number of thiophene rings is 1. The van der Waals surface area contributed by atoms with Crippen molar-refractivity contribution in [2.75, 3.05) is 5.32 Å². The van der Waals surface area contributed by atoms with Gasteiger partial charge in [-0.2, -0.15) is 5.10 Å². The summed E-state index contributed by atoms with van der Waals surface area (Å²) >= 11 is 1.34. The topological polar surface area (TPSA) is 142 Å². The Morgan fingerprint density at radius 2 is 1.87 bits per heavy atom. The number of nitrogens with zero attached hydrogens (tertiary/aromatic N) is 5. The third-order valence-electron chi connectivity index (χ3n) is 6.16. The average molecular weight is 541 g/mol. The minimum absolute atomic E-state index is 0.0212. The minimum Gasteiger partial charge on any atom is -0.336 e. The van der Waals surface area contributed by atoms with Crippen molar-refractivity contribution < 1.29 is 14.0 Å². The molecule has 0 spiro atoms. The maximum atomic E-state index is 16.0. The number of Topliss-reactive ketones (excluding diaryl/α,β-unsaturated/α-hetero) is 1. The Bertz CT molecular complexity index is 1900. The standard InChI is InChI=1S/C27H21FN8O2S/c1-12(2)27(38)32-15-8-14(9-29-10-15)22-21(28)20-17(11-31-22)35-36-25(20)26-33-16-6-7-30-24(23(16)34-26)19-5-4-18(39-19)13(3)37/h4-12H,1-3H3,(H,32,38)(H,33,34)(H,35,36). The molecule has 0 aliphatic rings. The summed E-state index contributed by atoms with van der Waals surface area (Å²) in [5, 5.41) is 10.1. The Morgan fingerprint density at radius 1 is 1.03 bits per heavy atom. The molecule has 12 heteroatoms. The van der Waals surface area contributed by atoms with E-state index in [1.54, 1.807) is 38.2 Å². The number of imidazole rings is 1. The fourth-order valence-corrected chi connectivity index (χ4v) is 5.05. The summed E-state index contributed by atoms with van der Waals surface area (Å²) < 4.78 is 16.0. The third kappa shape index (κ3) is 4.34. The summed E-state index contributed by atoms with van der Waals surface area (Å²) in [6.45, 7) is 5.08. The van der Waals surface area contributed by atoms with Gasteiger partial charge < -0.3 is 10.3 Å². The highest BCUT2D eigenvalue weighted by molar-refractivity contribution is 7.17. The van der Waals surface area contributed by atoms with E-state index in [0.29, 0.717) is 44.2 Å². The minimum atomic E-state index is -0.603. The molecule has 194 valence electrons. The molecule has 0 aliphatic heterocycles. The van der Waals surface area contributed by atoms with Crippen LogP contribution < -0.4 is 5.32 Å². The summed E-state index contributed by atoms with van der Waals surface area (Å²) in [5.41, 5.74) is 3.46. The van der Waals surface area contributed by atoms with Crippen molar-refractivity contribution in [1.82, 2.24) is 35.1 Å². The van der Waals surface area contributed by atoms with Gasteiger partial charge in [0.15, 0.2) is 17.4 Å². The highest BCUT2D eigenvalue weighted by atomic mass is 32.1. The molecule has 0 aromatic carbocycles. The molecule has 3 N–H and O–H groups in total. The first-order chi connectivity index (χ1) is 18.8. The van der Waals surface area contributed by atoms with E-state index >= 15 is 4.39 Å². The molecule has 6 aromatic heterocycles. The van der Waals surface area contributed by atoms with Crippen LogP contribution in [0.3, 0.4) is 0 Å². The molecule has 6 heterocycles. The van der Waals surface area contributed by atoms with Gasteiger partial charge in [0.1, 0.15) is 22.6 Å². The Labute approximate surface area is 224 Å². The molecule has 6 aromatic rings. The maximum absolute atomic E-state index is 16.0. The number of carbonyl (C=O) groups is 2. The van der Waals surface area contributed by atoms with Crippen molar-refractivity contribution in [3.63, 3.8) is 0 Å². The highest BCUT2D eigenvalue weighted by Gasteiger charge is 2.22. The summed E-state index contributed by atoms with van der Waals surface area (Å²) in [6, 6.07) is 7.00. The molecular formula is C27H21FN8O2S. The normalized spacial score (nSPS) is 11.5. The summed E-state index contributed by atoms with van der Waals surface area (Å²) in [4.78, 5) is 46.2. The SMILES string of the molecule is CC(=O)c1ccc(-c2nccc3[nH]c(-c4n[nH]c5cnc(-c6cncc(NC(=O)C(C)C)c6)c(F)c45)nc23)s1. The lowest BCUT2D eigenvalue weighted by Crippen LogP contribution is -2.17. The maximum Gasteiger partial charge on any atom is 0.226 e. The van der Waals surface area contributed by atoms with Gasteiger partial charge in [-0.05, 0) is 31.2 Å². The highest BCUT2D eigenvalue weighted by Crippen LogP contribution is 2.35. The first kappa shape index (κ1) is 24.5. The Hall–Kier alpha value is -4.84. The zero-order valence-corrected chi connectivity index (χ0v) is 21.9. The number of nitrogens with one attached hydrogen (secondary N) is 3. The van der Waals surface area contributed by atoms with Gasteiger partial charge >= 0.3 is 0 Å². The molecule has 0 saturated heterocycles. The van der Waals surface area contributed by atoms with Crippen molar-refractivity contribution >= 4 is 50.7 Å². The zero-order valence-electron chi connectivity index (χ0n) is 21.0. The molecular weight excluding hydrogens is 519 g/mol. The smallest absolute Gasteiger partial charge is 0.226 e. The Kier molecular flexibility index (Phi) is 5.95. The van der Waals surface area contributed by atoms with Gasteiger partial charge in [-0.3, -0.25) is 29.6 Å². The number of aromatic nitrogens is 7. The molecule has 0 atom stereocenters. The molecule has 39 heavy (non-hydrogen) atoms. The number of pyridine rings is 3. The van der Waals surface area contributed by atoms with Crippen molar-refractivity contribution in [3.05, 3.63) is 59.7 Å². The van der Waals surface area contributed by atoms with E-state index in [2.05, 4.69) is 35.5 Å². The number of rotatable bonds is 6. The number of H-pyrrole nitrogens is 2. The number of hydrogen-bond donors (Lipinski definition) is 3. The van der Waals surface area contributed by atoms with Crippen LogP contribution in [0.2, 0.25) is 0 Å². The fraction of sp³-hybridized carbons (Fsp3) is 0.148. The second kappa shape index (κ2) is 9.48. The van der Waals surface area contributed by atoms with Crippen molar-refractivity contribution in [2.24, 2.45) is 5.92 Å². The molecule has 0 unspecified atom stereocenters. The van der Waals surface area contributed by atoms with Gasteiger partial charge in [-0.1, -0.05) is 13.8 Å². The van der Waals surface area contributed by atoms with Gasteiger partial charge in [0.2, 0.25) is 5.91 Å². The second-order valence-electron chi connectivity index (χ2n) is 9.25. The number of hydrogen-bond acceptors (Lipinski definition) is 8. The average Bonchev–Trinajstić information content (AvgIpc) is 3.66. The summed E-state index contributed by atoms with van der Waals surface area (Å²) in [6.07, 6.45) is 6.12.